The molecular formula is C15H25NO2. The molecule has 1 rings (SSSR count). The molecule has 0 radical (unpaired) electrons. The zero-order valence-corrected chi connectivity index (χ0v) is 11.5. The van der Waals surface area contributed by atoms with Gasteiger partial charge in [-0.3, -0.25) is 0 Å². The second-order valence-corrected chi connectivity index (χ2v) is 4.54. The molecule has 0 saturated heterocycles. The van der Waals surface area contributed by atoms with Gasteiger partial charge in [-0.05, 0) is 45.4 Å². The van der Waals surface area contributed by atoms with Gasteiger partial charge in [-0.2, -0.15) is 0 Å². The molecule has 0 spiro atoms. The predicted molar refractivity (Wildman–Crippen MR) is 75.1 cm³/mol. The molecule has 0 aliphatic heterocycles. The van der Waals surface area contributed by atoms with E-state index in [9.17, 15) is 0 Å². The van der Waals surface area contributed by atoms with E-state index in [-0.39, 0.29) is 0 Å². The Balaban J connectivity index is 1.84. The molecule has 3 nitrogen and oxygen atoms in total. The molecule has 0 heterocycles. The summed E-state index contributed by atoms with van der Waals surface area (Å²) in [5.41, 5.74) is 0. The summed E-state index contributed by atoms with van der Waals surface area (Å²) >= 11 is 0. The second-order valence-electron chi connectivity index (χ2n) is 4.54. The van der Waals surface area contributed by atoms with Gasteiger partial charge in [-0.15, -0.1) is 0 Å². The standard InChI is InChI=1S/C15H25NO2/c1-14(2)17-12-7-6-10-16-11-13-18-15-8-4-3-5-9-15/h3-5,8-9,14,16H,6-7,10-13H2,1-2H3. The molecule has 1 aromatic carbocycles. The van der Waals surface area contributed by atoms with Crippen molar-refractivity contribution in [3.05, 3.63) is 30.3 Å². The van der Waals surface area contributed by atoms with Crippen LogP contribution in [0.25, 0.3) is 0 Å². The van der Waals surface area contributed by atoms with Gasteiger partial charge in [0.1, 0.15) is 12.4 Å². The van der Waals surface area contributed by atoms with Gasteiger partial charge < -0.3 is 14.8 Å². The highest BCUT2D eigenvalue weighted by molar-refractivity contribution is 5.20. The fraction of sp³-hybridized carbons (Fsp3) is 0.600. The van der Waals surface area contributed by atoms with Crippen LogP contribution in [0.15, 0.2) is 30.3 Å². The van der Waals surface area contributed by atoms with Crippen LogP contribution in [0.3, 0.4) is 0 Å². The van der Waals surface area contributed by atoms with Crippen molar-refractivity contribution < 1.29 is 9.47 Å². The number of nitrogens with one attached hydrogen (secondary N) is 1. The Morgan fingerprint density at radius 3 is 2.50 bits per heavy atom. The topological polar surface area (TPSA) is 30.5 Å². The Kier molecular flexibility index (Phi) is 8.26. The van der Waals surface area contributed by atoms with Crippen molar-refractivity contribution in [3.8, 4) is 5.75 Å². The Labute approximate surface area is 110 Å². The maximum absolute atomic E-state index is 5.58. The summed E-state index contributed by atoms with van der Waals surface area (Å²) in [6.07, 6.45) is 2.61. The van der Waals surface area contributed by atoms with E-state index in [4.69, 9.17) is 9.47 Å². The molecule has 18 heavy (non-hydrogen) atoms. The van der Waals surface area contributed by atoms with Crippen molar-refractivity contribution in [2.45, 2.75) is 32.8 Å². The summed E-state index contributed by atoms with van der Waals surface area (Å²) in [6, 6.07) is 9.91. The van der Waals surface area contributed by atoms with Crippen molar-refractivity contribution >= 4 is 0 Å². The second kappa shape index (κ2) is 9.92. The van der Waals surface area contributed by atoms with Crippen LogP contribution < -0.4 is 10.1 Å². The number of unbranched alkanes of at least 4 members (excludes halogenated alkanes) is 1. The summed E-state index contributed by atoms with van der Waals surface area (Å²) < 4.78 is 11.1. The smallest absolute Gasteiger partial charge is 0.119 e. The summed E-state index contributed by atoms with van der Waals surface area (Å²) in [7, 11) is 0. The first-order chi connectivity index (χ1) is 8.79. The molecule has 0 aromatic heterocycles. The normalized spacial score (nSPS) is 10.8. The number of hydrogen-bond acceptors (Lipinski definition) is 3. The molecule has 0 saturated carbocycles. The number of rotatable bonds is 10. The monoisotopic (exact) mass is 251 g/mol. The van der Waals surface area contributed by atoms with Crippen LogP contribution in [-0.2, 0) is 4.74 Å². The van der Waals surface area contributed by atoms with Gasteiger partial charge in [0.25, 0.3) is 0 Å². The van der Waals surface area contributed by atoms with E-state index in [2.05, 4.69) is 19.2 Å². The summed E-state index contributed by atoms with van der Waals surface area (Å²) in [5.74, 6) is 0.935. The zero-order valence-electron chi connectivity index (χ0n) is 11.5. The SMILES string of the molecule is CC(C)OCCCCNCCOc1ccccc1. The summed E-state index contributed by atoms with van der Waals surface area (Å²) in [6.45, 7) is 7.63. The van der Waals surface area contributed by atoms with E-state index in [1.54, 1.807) is 0 Å². The van der Waals surface area contributed by atoms with Crippen LogP contribution in [0.5, 0.6) is 5.75 Å². The van der Waals surface area contributed by atoms with Crippen molar-refractivity contribution in [3.63, 3.8) is 0 Å². The fourth-order valence-corrected chi connectivity index (χ4v) is 1.55. The van der Waals surface area contributed by atoms with Crippen LogP contribution >= 0.6 is 0 Å². The zero-order chi connectivity index (χ0) is 13.1. The Bertz CT molecular complexity index is 288. The van der Waals surface area contributed by atoms with E-state index >= 15 is 0 Å². The third kappa shape index (κ3) is 8.09. The lowest BCUT2D eigenvalue weighted by atomic mass is 10.3. The number of benzene rings is 1. The van der Waals surface area contributed by atoms with Crippen molar-refractivity contribution in [1.29, 1.82) is 0 Å². The van der Waals surface area contributed by atoms with E-state index in [0.717, 1.165) is 38.3 Å². The first kappa shape index (κ1) is 15.0. The molecule has 0 fully saturated rings. The molecular weight excluding hydrogens is 226 g/mol. The lowest BCUT2D eigenvalue weighted by Crippen LogP contribution is -2.22. The van der Waals surface area contributed by atoms with Gasteiger partial charge in [0, 0.05) is 13.2 Å². The average molecular weight is 251 g/mol. The average Bonchev–Trinajstić information content (AvgIpc) is 2.37. The Hall–Kier alpha value is -1.06. The third-order valence-corrected chi connectivity index (χ3v) is 2.49. The van der Waals surface area contributed by atoms with Crippen molar-refractivity contribution in [2.24, 2.45) is 0 Å². The highest BCUT2D eigenvalue weighted by Crippen LogP contribution is 2.07. The first-order valence-electron chi connectivity index (χ1n) is 6.79. The fourth-order valence-electron chi connectivity index (χ4n) is 1.55. The molecule has 1 N–H and O–H groups in total. The van der Waals surface area contributed by atoms with Crippen LogP contribution in [0, 0.1) is 0 Å². The van der Waals surface area contributed by atoms with Crippen LogP contribution in [0.1, 0.15) is 26.7 Å². The minimum atomic E-state index is 0.345. The molecule has 0 bridgehead atoms. The lowest BCUT2D eigenvalue weighted by molar-refractivity contribution is 0.0760. The minimum absolute atomic E-state index is 0.345. The highest BCUT2D eigenvalue weighted by Gasteiger charge is 1.94. The van der Waals surface area contributed by atoms with Gasteiger partial charge in [-0.25, -0.2) is 0 Å². The number of ether oxygens (including phenoxy) is 2. The first-order valence-corrected chi connectivity index (χ1v) is 6.79. The largest absolute Gasteiger partial charge is 0.492 e. The molecule has 102 valence electrons. The quantitative estimate of drug-likeness (QED) is 0.649. The molecule has 3 heteroatoms. The van der Waals surface area contributed by atoms with Gasteiger partial charge in [0.05, 0.1) is 6.10 Å². The molecule has 1 aromatic rings. The van der Waals surface area contributed by atoms with Gasteiger partial charge >= 0.3 is 0 Å². The molecule has 0 aliphatic carbocycles. The number of para-hydroxylation sites is 1. The highest BCUT2D eigenvalue weighted by atomic mass is 16.5. The number of hydrogen-bond donors (Lipinski definition) is 1. The van der Waals surface area contributed by atoms with E-state index in [1.165, 1.54) is 0 Å². The van der Waals surface area contributed by atoms with Crippen LogP contribution in [0.2, 0.25) is 0 Å². The van der Waals surface area contributed by atoms with Crippen molar-refractivity contribution in [2.75, 3.05) is 26.3 Å². The summed E-state index contributed by atoms with van der Waals surface area (Å²) in [5, 5.41) is 3.36. The summed E-state index contributed by atoms with van der Waals surface area (Å²) in [4.78, 5) is 0. The third-order valence-electron chi connectivity index (χ3n) is 2.49. The van der Waals surface area contributed by atoms with E-state index < -0.39 is 0 Å². The molecule has 0 aliphatic rings. The maximum atomic E-state index is 5.58. The Morgan fingerprint density at radius 1 is 1.00 bits per heavy atom. The van der Waals surface area contributed by atoms with Crippen LogP contribution in [-0.4, -0.2) is 32.4 Å². The lowest BCUT2D eigenvalue weighted by Gasteiger charge is -2.08. The minimum Gasteiger partial charge on any atom is -0.492 e. The van der Waals surface area contributed by atoms with E-state index in [1.807, 2.05) is 30.3 Å². The molecule has 0 unspecified atom stereocenters. The predicted octanol–water partition coefficient (Wildman–Crippen LogP) is 2.86. The van der Waals surface area contributed by atoms with Gasteiger partial charge in [-0.1, -0.05) is 18.2 Å². The van der Waals surface area contributed by atoms with E-state index in [0.29, 0.717) is 12.7 Å². The van der Waals surface area contributed by atoms with Crippen molar-refractivity contribution in [1.82, 2.24) is 5.32 Å². The van der Waals surface area contributed by atoms with Gasteiger partial charge in [0.15, 0.2) is 0 Å². The van der Waals surface area contributed by atoms with Gasteiger partial charge in [0.2, 0.25) is 0 Å². The van der Waals surface area contributed by atoms with Crippen LogP contribution in [0.4, 0.5) is 0 Å². The maximum Gasteiger partial charge on any atom is 0.119 e. The molecule has 0 atom stereocenters. The Morgan fingerprint density at radius 2 is 1.78 bits per heavy atom. The molecule has 0 amide bonds.